The van der Waals surface area contributed by atoms with Crippen LogP contribution in [0, 0.1) is 6.92 Å². The Morgan fingerprint density at radius 2 is 1.54 bits per heavy atom. The molecular formula is C20H16N2O2. The third-order valence-corrected chi connectivity index (χ3v) is 3.74. The number of aromatic nitrogens is 1. The summed E-state index contributed by atoms with van der Waals surface area (Å²) in [4.78, 5) is 29.3. The normalized spacial score (nSPS) is 10.2. The van der Waals surface area contributed by atoms with Crippen molar-refractivity contribution in [1.82, 2.24) is 4.98 Å². The first-order valence-electron chi connectivity index (χ1n) is 7.57. The Labute approximate surface area is 140 Å². The third-order valence-electron chi connectivity index (χ3n) is 3.74. The number of hydrogen-bond donors (Lipinski definition) is 1. The summed E-state index contributed by atoms with van der Waals surface area (Å²) in [6, 6.07) is 17.6. The number of anilines is 1. The largest absolute Gasteiger partial charge is 0.320 e. The highest BCUT2D eigenvalue weighted by Gasteiger charge is 2.18. The van der Waals surface area contributed by atoms with Gasteiger partial charge in [-0.3, -0.25) is 14.6 Å². The van der Waals surface area contributed by atoms with Gasteiger partial charge in [0, 0.05) is 17.3 Å². The smallest absolute Gasteiger partial charge is 0.256 e. The summed E-state index contributed by atoms with van der Waals surface area (Å²) in [5.74, 6) is -0.504. The maximum Gasteiger partial charge on any atom is 0.256 e. The topological polar surface area (TPSA) is 59.1 Å². The van der Waals surface area contributed by atoms with E-state index in [9.17, 15) is 9.59 Å². The minimum absolute atomic E-state index is 0.177. The van der Waals surface area contributed by atoms with Gasteiger partial charge in [0.05, 0.1) is 17.4 Å². The van der Waals surface area contributed by atoms with Gasteiger partial charge in [-0.2, -0.15) is 0 Å². The minimum Gasteiger partial charge on any atom is -0.320 e. The van der Waals surface area contributed by atoms with Crippen molar-refractivity contribution < 1.29 is 9.59 Å². The summed E-state index contributed by atoms with van der Waals surface area (Å²) < 4.78 is 0. The molecule has 3 aromatic rings. The van der Waals surface area contributed by atoms with Crippen molar-refractivity contribution in [3.63, 3.8) is 0 Å². The Morgan fingerprint density at radius 1 is 0.875 bits per heavy atom. The Balaban J connectivity index is 1.93. The van der Waals surface area contributed by atoms with Crippen LogP contribution in [0.3, 0.4) is 0 Å². The number of rotatable bonds is 4. The number of amides is 1. The van der Waals surface area contributed by atoms with Gasteiger partial charge in [-0.1, -0.05) is 48.5 Å². The monoisotopic (exact) mass is 316 g/mol. The van der Waals surface area contributed by atoms with E-state index in [-0.39, 0.29) is 11.7 Å². The molecule has 0 aliphatic heterocycles. The highest BCUT2D eigenvalue weighted by molar-refractivity contribution is 6.17. The van der Waals surface area contributed by atoms with Crippen LogP contribution < -0.4 is 5.32 Å². The van der Waals surface area contributed by atoms with Gasteiger partial charge in [-0.05, 0) is 24.6 Å². The average molecular weight is 316 g/mol. The maximum atomic E-state index is 12.7. The van der Waals surface area contributed by atoms with Gasteiger partial charge >= 0.3 is 0 Å². The molecule has 3 rings (SSSR count). The van der Waals surface area contributed by atoms with Gasteiger partial charge in [0.15, 0.2) is 5.78 Å². The number of nitrogens with zero attached hydrogens (tertiary/aromatic N) is 1. The molecule has 0 radical (unpaired) electrons. The standard InChI is InChI=1S/C20H16N2O2/c1-14-11-12-21-13-18(14)22-20(24)17-10-6-5-9-16(17)19(23)15-7-3-2-4-8-15/h2-13H,1H3,(H,22,24). The van der Waals surface area contributed by atoms with Crippen molar-refractivity contribution in [3.05, 3.63) is 95.3 Å². The molecule has 118 valence electrons. The molecule has 0 bridgehead atoms. The summed E-state index contributed by atoms with van der Waals surface area (Å²) in [6.45, 7) is 1.89. The molecule has 0 aliphatic carbocycles. The molecule has 4 nitrogen and oxygen atoms in total. The van der Waals surface area contributed by atoms with Crippen LogP contribution in [0.4, 0.5) is 5.69 Å². The van der Waals surface area contributed by atoms with E-state index in [1.165, 1.54) is 0 Å². The zero-order valence-corrected chi connectivity index (χ0v) is 13.2. The van der Waals surface area contributed by atoms with E-state index >= 15 is 0 Å². The second kappa shape index (κ2) is 6.87. The summed E-state index contributed by atoms with van der Waals surface area (Å²) >= 11 is 0. The summed E-state index contributed by atoms with van der Waals surface area (Å²) in [5, 5.41) is 2.82. The first-order valence-corrected chi connectivity index (χ1v) is 7.57. The number of hydrogen-bond acceptors (Lipinski definition) is 3. The van der Waals surface area contributed by atoms with Crippen molar-refractivity contribution in [2.75, 3.05) is 5.32 Å². The Hall–Kier alpha value is -3.27. The van der Waals surface area contributed by atoms with Crippen molar-refractivity contribution in [2.24, 2.45) is 0 Å². The molecule has 0 unspecified atom stereocenters. The highest BCUT2D eigenvalue weighted by atomic mass is 16.2. The summed E-state index contributed by atoms with van der Waals surface area (Å²) in [7, 11) is 0. The van der Waals surface area contributed by atoms with Gasteiger partial charge < -0.3 is 5.32 Å². The lowest BCUT2D eigenvalue weighted by atomic mass is 9.98. The molecular weight excluding hydrogens is 300 g/mol. The molecule has 0 atom stereocenters. The number of ketones is 1. The molecule has 0 spiro atoms. The first kappa shape index (κ1) is 15.6. The van der Waals surface area contributed by atoms with E-state index in [4.69, 9.17) is 0 Å². The fraction of sp³-hybridized carbons (Fsp3) is 0.0500. The molecule has 1 heterocycles. The molecule has 0 fully saturated rings. The third kappa shape index (κ3) is 3.22. The number of nitrogens with one attached hydrogen (secondary N) is 1. The summed E-state index contributed by atoms with van der Waals surface area (Å²) in [6.07, 6.45) is 3.26. The first-order chi connectivity index (χ1) is 11.7. The number of pyridine rings is 1. The molecule has 0 saturated carbocycles. The van der Waals surface area contributed by atoms with Crippen LogP contribution in [0.25, 0.3) is 0 Å². The molecule has 1 N–H and O–H groups in total. The Morgan fingerprint density at radius 3 is 2.25 bits per heavy atom. The second-order valence-electron chi connectivity index (χ2n) is 5.39. The van der Waals surface area contributed by atoms with Crippen molar-refractivity contribution >= 4 is 17.4 Å². The van der Waals surface area contributed by atoms with E-state index in [2.05, 4.69) is 10.3 Å². The quantitative estimate of drug-likeness (QED) is 0.743. The van der Waals surface area contributed by atoms with Crippen LogP contribution in [0.15, 0.2) is 73.1 Å². The number of aryl methyl sites for hydroxylation is 1. The van der Waals surface area contributed by atoms with Crippen molar-refractivity contribution in [2.45, 2.75) is 6.92 Å². The van der Waals surface area contributed by atoms with Crippen molar-refractivity contribution in [3.8, 4) is 0 Å². The molecule has 0 aliphatic rings. The highest BCUT2D eigenvalue weighted by Crippen LogP contribution is 2.18. The van der Waals surface area contributed by atoms with Crippen LogP contribution in [-0.2, 0) is 0 Å². The Kier molecular flexibility index (Phi) is 4.47. The number of carbonyl (C=O) groups excluding carboxylic acids is 2. The maximum absolute atomic E-state index is 12.7. The van der Waals surface area contributed by atoms with Crippen LogP contribution in [-0.4, -0.2) is 16.7 Å². The lowest BCUT2D eigenvalue weighted by Crippen LogP contribution is -2.17. The van der Waals surface area contributed by atoms with Gasteiger partial charge in [0.1, 0.15) is 0 Å². The van der Waals surface area contributed by atoms with E-state index in [0.717, 1.165) is 5.56 Å². The number of carbonyl (C=O) groups is 2. The van der Waals surface area contributed by atoms with E-state index in [1.807, 2.05) is 19.1 Å². The summed E-state index contributed by atoms with van der Waals surface area (Å²) in [5.41, 5.74) is 2.81. The fourth-order valence-electron chi connectivity index (χ4n) is 2.41. The SMILES string of the molecule is Cc1ccncc1NC(=O)c1ccccc1C(=O)c1ccccc1. The minimum atomic E-state index is -0.328. The van der Waals surface area contributed by atoms with Crippen LogP contribution in [0.2, 0.25) is 0 Å². The van der Waals surface area contributed by atoms with Crippen molar-refractivity contribution in [1.29, 1.82) is 0 Å². The van der Waals surface area contributed by atoms with Gasteiger partial charge in [0.25, 0.3) is 5.91 Å². The van der Waals surface area contributed by atoms with Crippen LogP contribution in [0.5, 0.6) is 0 Å². The predicted octanol–water partition coefficient (Wildman–Crippen LogP) is 3.87. The fourth-order valence-corrected chi connectivity index (χ4v) is 2.41. The van der Waals surface area contributed by atoms with E-state index < -0.39 is 0 Å². The van der Waals surface area contributed by atoms with Gasteiger partial charge in [-0.25, -0.2) is 0 Å². The second-order valence-corrected chi connectivity index (χ2v) is 5.39. The van der Waals surface area contributed by atoms with Crippen LogP contribution >= 0.6 is 0 Å². The zero-order chi connectivity index (χ0) is 16.9. The lowest BCUT2D eigenvalue weighted by Gasteiger charge is -2.11. The number of benzene rings is 2. The molecule has 1 amide bonds. The van der Waals surface area contributed by atoms with Crippen LogP contribution in [0.1, 0.15) is 31.8 Å². The lowest BCUT2D eigenvalue weighted by molar-refractivity contribution is 0.0996. The molecule has 24 heavy (non-hydrogen) atoms. The van der Waals surface area contributed by atoms with E-state index in [1.54, 1.807) is 60.9 Å². The molecule has 2 aromatic carbocycles. The van der Waals surface area contributed by atoms with E-state index in [0.29, 0.717) is 22.4 Å². The predicted molar refractivity (Wildman–Crippen MR) is 93.2 cm³/mol. The van der Waals surface area contributed by atoms with Gasteiger partial charge in [0.2, 0.25) is 0 Å². The molecule has 0 saturated heterocycles. The molecule has 4 heteroatoms. The van der Waals surface area contributed by atoms with Gasteiger partial charge in [-0.15, -0.1) is 0 Å². The zero-order valence-electron chi connectivity index (χ0n) is 13.2. The molecule has 1 aromatic heterocycles. The average Bonchev–Trinajstić information content (AvgIpc) is 2.63. The Bertz CT molecular complexity index is 889.